The maximum Gasteiger partial charge on any atom is 0.433 e. The lowest BCUT2D eigenvalue weighted by atomic mass is 9.93. The molecule has 1 N–H and O–H groups in total. The Balaban J connectivity index is 2.33. The van der Waals surface area contributed by atoms with Crippen molar-refractivity contribution in [2.24, 2.45) is 0 Å². The second kappa shape index (κ2) is 6.60. The summed E-state index contributed by atoms with van der Waals surface area (Å²) in [5, 5.41) is 2.41. The van der Waals surface area contributed by atoms with Crippen molar-refractivity contribution in [3.63, 3.8) is 0 Å². The Kier molecular flexibility index (Phi) is 5.21. The van der Waals surface area contributed by atoms with Crippen LogP contribution in [0.1, 0.15) is 44.6 Å². The number of alkyl halides is 3. The number of halogens is 3. The fourth-order valence-corrected chi connectivity index (χ4v) is 4.46. The van der Waals surface area contributed by atoms with Crippen LogP contribution >= 0.6 is 11.3 Å². The standard InChI is InChI=1S/C16H20F3N3OS2/c1-10(11-6-7-12(20-8-11)16(17,18)19)25(5,23)22-14-21-13(9-24-14)15(2,3)4/h6-9H,1-5H3,(H,21,22,23). The monoisotopic (exact) mass is 391 g/mol. The van der Waals surface area contributed by atoms with Gasteiger partial charge in [0.05, 0.1) is 15.4 Å². The van der Waals surface area contributed by atoms with Gasteiger partial charge in [0.1, 0.15) is 5.69 Å². The van der Waals surface area contributed by atoms with Crippen LogP contribution in [0.5, 0.6) is 0 Å². The summed E-state index contributed by atoms with van der Waals surface area (Å²) in [5.74, 6) is 0. The molecule has 0 amide bonds. The quantitative estimate of drug-likeness (QED) is 0.626. The van der Waals surface area contributed by atoms with E-state index >= 15 is 0 Å². The van der Waals surface area contributed by atoms with Crippen LogP contribution in [0.15, 0.2) is 23.7 Å². The summed E-state index contributed by atoms with van der Waals surface area (Å²) in [4.78, 5) is 8.27. The average molecular weight is 391 g/mol. The Morgan fingerprint density at radius 3 is 2.28 bits per heavy atom. The van der Waals surface area contributed by atoms with E-state index in [1.54, 1.807) is 6.92 Å². The number of thiazole rings is 1. The van der Waals surface area contributed by atoms with Crippen molar-refractivity contribution in [1.82, 2.24) is 9.97 Å². The first-order valence-electron chi connectivity index (χ1n) is 7.41. The van der Waals surface area contributed by atoms with Crippen LogP contribution in [0.4, 0.5) is 18.3 Å². The Bertz CT molecular complexity index is 871. The van der Waals surface area contributed by atoms with Crippen molar-refractivity contribution in [2.45, 2.75) is 39.3 Å². The summed E-state index contributed by atoms with van der Waals surface area (Å²) in [6, 6.07) is 2.16. The van der Waals surface area contributed by atoms with Gasteiger partial charge in [-0.3, -0.25) is 9.71 Å². The lowest BCUT2D eigenvalue weighted by Crippen LogP contribution is -2.20. The molecule has 2 heterocycles. The predicted molar refractivity (Wildman–Crippen MR) is 97.5 cm³/mol. The second-order valence-corrected chi connectivity index (χ2v) is 10.1. The topological polar surface area (TPSA) is 54.9 Å². The molecule has 1 unspecified atom stereocenters. The molecule has 25 heavy (non-hydrogen) atoms. The molecule has 1 atom stereocenters. The summed E-state index contributed by atoms with van der Waals surface area (Å²) in [6.07, 6.45) is -1.91. The molecule has 0 fully saturated rings. The zero-order valence-electron chi connectivity index (χ0n) is 14.6. The molecule has 0 saturated carbocycles. The summed E-state index contributed by atoms with van der Waals surface area (Å²) >= 11 is 1.34. The van der Waals surface area contributed by atoms with Gasteiger partial charge in [0.15, 0.2) is 5.13 Å². The highest BCUT2D eigenvalue weighted by atomic mass is 32.2. The number of pyridine rings is 1. The minimum Gasteiger partial charge on any atom is -0.288 e. The van der Waals surface area contributed by atoms with Crippen LogP contribution < -0.4 is 4.72 Å². The summed E-state index contributed by atoms with van der Waals surface area (Å²) in [7, 11) is -2.70. The maximum absolute atomic E-state index is 13.0. The molecule has 0 radical (unpaired) electrons. The number of aromatic nitrogens is 2. The molecule has 0 aliphatic rings. The number of hydrogen-bond acceptors (Lipinski definition) is 4. The molecule has 0 saturated heterocycles. The lowest BCUT2D eigenvalue weighted by Gasteiger charge is -2.15. The summed E-state index contributed by atoms with van der Waals surface area (Å²) < 4.78 is 53.7. The van der Waals surface area contributed by atoms with Crippen LogP contribution in [0.2, 0.25) is 0 Å². The molecule has 0 aliphatic heterocycles. The van der Waals surface area contributed by atoms with Gasteiger partial charge in [0.25, 0.3) is 0 Å². The second-order valence-electron chi connectivity index (χ2n) is 6.72. The third-order valence-corrected chi connectivity index (χ3v) is 6.47. The van der Waals surface area contributed by atoms with Crippen molar-refractivity contribution in [3.8, 4) is 0 Å². The van der Waals surface area contributed by atoms with Crippen LogP contribution in [-0.4, -0.2) is 25.3 Å². The Labute approximate surface area is 149 Å². The van der Waals surface area contributed by atoms with Gasteiger partial charge < -0.3 is 0 Å². The Hall–Kier alpha value is -1.61. The average Bonchev–Trinajstić information content (AvgIpc) is 2.93. The molecular weight excluding hydrogens is 371 g/mol. The van der Waals surface area contributed by atoms with Gasteiger partial charge in [0.2, 0.25) is 0 Å². The molecule has 9 heteroatoms. The number of anilines is 1. The van der Waals surface area contributed by atoms with Crippen LogP contribution in [0.25, 0.3) is 0 Å². The van der Waals surface area contributed by atoms with Crippen molar-refractivity contribution in [1.29, 1.82) is 0 Å². The van der Waals surface area contributed by atoms with Gasteiger partial charge in [-0.2, -0.15) is 13.2 Å². The summed E-state index contributed by atoms with van der Waals surface area (Å²) in [5.41, 5.74) is 0.167. The third kappa shape index (κ3) is 4.72. The van der Waals surface area contributed by atoms with E-state index in [1.165, 1.54) is 23.7 Å². The van der Waals surface area contributed by atoms with E-state index in [0.717, 1.165) is 18.0 Å². The van der Waals surface area contributed by atoms with Crippen molar-refractivity contribution in [3.05, 3.63) is 40.7 Å². The van der Waals surface area contributed by atoms with E-state index in [-0.39, 0.29) is 5.41 Å². The molecular formula is C16H20F3N3OS2. The van der Waals surface area contributed by atoms with Gasteiger partial charge in [-0.15, -0.1) is 11.3 Å². The normalized spacial score (nSPS) is 14.9. The fraction of sp³-hybridized carbons (Fsp3) is 0.438. The zero-order valence-corrected chi connectivity index (χ0v) is 16.2. The van der Waals surface area contributed by atoms with E-state index in [4.69, 9.17) is 0 Å². The molecule has 2 aromatic heterocycles. The van der Waals surface area contributed by atoms with Crippen molar-refractivity contribution in [2.75, 3.05) is 11.0 Å². The zero-order chi connectivity index (χ0) is 19.0. The highest BCUT2D eigenvalue weighted by Crippen LogP contribution is 2.28. The first-order valence-corrected chi connectivity index (χ1v) is 10.3. The molecule has 0 spiro atoms. The Morgan fingerprint density at radius 1 is 1.20 bits per heavy atom. The maximum atomic E-state index is 13.0. The first kappa shape index (κ1) is 19.7. The van der Waals surface area contributed by atoms with Gasteiger partial charge in [-0.1, -0.05) is 26.8 Å². The number of nitrogens with one attached hydrogen (secondary N) is 1. The van der Waals surface area contributed by atoms with E-state index in [1.807, 2.05) is 26.2 Å². The van der Waals surface area contributed by atoms with E-state index in [2.05, 4.69) is 14.7 Å². The van der Waals surface area contributed by atoms with Crippen LogP contribution in [0, 0.1) is 0 Å². The molecule has 2 aromatic rings. The van der Waals surface area contributed by atoms with Crippen molar-refractivity contribution >= 4 is 31.0 Å². The molecule has 0 aliphatic carbocycles. The van der Waals surface area contributed by atoms with Gasteiger partial charge >= 0.3 is 6.18 Å². The highest BCUT2D eigenvalue weighted by Gasteiger charge is 2.32. The predicted octanol–water partition coefficient (Wildman–Crippen LogP) is 4.34. The first-order chi connectivity index (χ1) is 11.3. The fourth-order valence-electron chi connectivity index (χ4n) is 1.90. The highest BCUT2D eigenvalue weighted by molar-refractivity contribution is 8.03. The minimum absolute atomic E-state index is 0.124. The van der Waals surface area contributed by atoms with Crippen LogP contribution in [-0.2, 0) is 21.3 Å². The summed E-state index contributed by atoms with van der Waals surface area (Å²) in [6.45, 7) is 7.69. The third-order valence-electron chi connectivity index (χ3n) is 3.60. The molecule has 4 nitrogen and oxygen atoms in total. The minimum atomic E-state index is -4.50. The van der Waals surface area contributed by atoms with Gasteiger partial charge in [-0.25, -0.2) is 9.19 Å². The Morgan fingerprint density at radius 2 is 1.84 bits per heavy atom. The van der Waals surface area contributed by atoms with Crippen LogP contribution in [0.3, 0.4) is 0 Å². The number of rotatable bonds is 3. The number of nitrogens with zero attached hydrogens (tertiary/aromatic N) is 2. The SMILES string of the molecule is CC(c1ccc(C(F)(F)F)nc1)=S(C)(=O)Nc1nc(C(C)(C)C)cs1. The molecule has 0 bridgehead atoms. The number of hydrogen-bond donors (Lipinski definition) is 1. The van der Waals surface area contributed by atoms with E-state index < -0.39 is 21.6 Å². The van der Waals surface area contributed by atoms with Gasteiger partial charge in [0, 0.05) is 33.7 Å². The van der Waals surface area contributed by atoms with E-state index in [9.17, 15) is 17.4 Å². The molecule has 2 rings (SSSR count). The van der Waals surface area contributed by atoms with Crippen molar-refractivity contribution < 1.29 is 17.4 Å². The lowest BCUT2D eigenvalue weighted by molar-refractivity contribution is -0.141. The van der Waals surface area contributed by atoms with E-state index in [0.29, 0.717) is 15.6 Å². The smallest absolute Gasteiger partial charge is 0.288 e. The van der Waals surface area contributed by atoms with Gasteiger partial charge in [-0.05, 0) is 13.0 Å². The largest absolute Gasteiger partial charge is 0.433 e. The molecule has 0 aromatic carbocycles. The molecule has 138 valence electrons.